The van der Waals surface area contributed by atoms with Crippen molar-refractivity contribution in [2.75, 3.05) is 0 Å². The quantitative estimate of drug-likeness (QED) is 0.777. The molecule has 3 aliphatic carbocycles. The molecule has 0 saturated heterocycles. The first-order valence-corrected chi connectivity index (χ1v) is 9.72. The van der Waals surface area contributed by atoms with Crippen molar-refractivity contribution in [1.82, 2.24) is 14.7 Å². The van der Waals surface area contributed by atoms with Crippen molar-refractivity contribution in [2.24, 2.45) is 24.8 Å². The number of nitrogens with zero attached hydrogens (tertiary/aromatic N) is 3. The fourth-order valence-electron chi connectivity index (χ4n) is 5.11. The van der Waals surface area contributed by atoms with E-state index in [0.29, 0.717) is 24.9 Å². The summed E-state index contributed by atoms with van der Waals surface area (Å²) in [6, 6.07) is 3.83. The molecule has 0 spiro atoms. The largest absolute Gasteiger partial charge is 0.467 e. The van der Waals surface area contributed by atoms with Gasteiger partial charge >= 0.3 is 0 Å². The summed E-state index contributed by atoms with van der Waals surface area (Å²) in [6.45, 7) is 1.11. The molecule has 3 atom stereocenters. The van der Waals surface area contributed by atoms with Gasteiger partial charge in [0.05, 0.1) is 25.0 Å². The molecular weight excluding hydrogens is 326 g/mol. The molecule has 1 fully saturated rings. The van der Waals surface area contributed by atoms with Gasteiger partial charge in [0.25, 0.3) is 0 Å². The van der Waals surface area contributed by atoms with Crippen LogP contribution >= 0.6 is 0 Å². The highest BCUT2D eigenvalue weighted by atomic mass is 16.3. The van der Waals surface area contributed by atoms with Crippen molar-refractivity contribution in [1.29, 1.82) is 0 Å². The average molecular weight is 351 g/mol. The Kier molecular flexibility index (Phi) is 3.76. The van der Waals surface area contributed by atoms with Gasteiger partial charge in [-0.05, 0) is 61.6 Å². The Bertz CT molecular complexity index is 849. The van der Waals surface area contributed by atoms with Gasteiger partial charge in [0.15, 0.2) is 0 Å². The number of furan rings is 1. The maximum atomic E-state index is 13.4. The molecule has 136 valence electrons. The third-order valence-corrected chi connectivity index (χ3v) is 6.37. The third kappa shape index (κ3) is 2.61. The van der Waals surface area contributed by atoms with Crippen LogP contribution in [0.25, 0.3) is 0 Å². The molecule has 0 radical (unpaired) electrons. The van der Waals surface area contributed by atoms with E-state index in [-0.39, 0.29) is 11.8 Å². The summed E-state index contributed by atoms with van der Waals surface area (Å²) in [5.74, 6) is 2.23. The molecule has 2 aromatic heterocycles. The van der Waals surface area contributed by atoms with Crippen LogP contribution in [-0.2, 0) is 37.8 Å². The standard InChI is InChI=1S/C21H25N3O2/c1-23-20-6-2-5-17(20)19(22-23)13-24(12-16-4-3-9-26-16)21(25)18-11-14-7-8-15(18)10-14/h3-4,7-9,14-15,18H,2,5-6,10-13H2,1H3. The summed E-state index contributed by atoms with van der Waals surface area (Å²) in [5.41, 5.74) is 3.77. The second kappa shape index (κ2) is 6.15. The predicted molar refractivity (Wildman–Crippen MR) is 97.0 cm³/mol. The minimum atomic E-state index is 0.122. The summed E-state index contributed by atoms with van der Waals surface area (Å²) in [4.78, 5) is 15.4. The van der Waals surface area contributed by atoms with Crippen LogP contribution in [0.2, 0.25) is 0 Å². The van der Waals surface area contributed by atoms with Gasteiger partial charge < -0.3 is 9.32 Å². The number of aryl methyl sites for hydroxylation is 1. The molecule has 5 heteroatoms. The van der Waals surface area contributed by atoms with Crippen molar-refractivity contribution in [3.63, 3.8) is 0 Å². The van der Waals surface area contributed by atoms with Crippen molar-refractivity contribution in [3.05, 3.63) is 53.3 Å². The number of hydrogen-bond acceptors (Lipinski definition) is 3. The van der Waals surface area contributed by atoms with E-state index in [0.717, 1.165) is 37.1 Å². The van der Waals surface area contributed by atoms with Gasteiger partial charge in [-0.1, -0.05) is 12.2 Å². The topological polar surface area (TPSA) is 51.3 Å². The smallest absolute Gasteiger partial charge is 0.227 e. The number of fused-ring (bicyclic) bond motifs is 3. The van der Waals surface area contributed by atoms with E-state index in [1.165, 1.54) is 17.7 Å². The number of aromatic nitrogens is 2. The van der Waals surface area contributed by atoms with Crippen LogP contribution in [0, 0.1) is 17.8 Å². The Morgan fingerprint density at radius 1 is 1.31 bits per heavy atom. The SMILES string of the molecule is Cn1nc(CN(Cc2ccco2)C(=O)C2CC3C=CC2C3)c2c1CCC2. The summed E-state index contributed by atoms with van der Waals surface area (Å²) < 4.78 is 7.55. The Morgan fingerprint density at radius 2 is 2.23 bits per heavy atom. The van der Waals surface area contributed by atoms with Gasteiger partial charge in [-0.15, -0.1) is 0 Å². The molecule has 3 aliphatic rings. The monoisotopic (exact) mass is 351 g/mol. The lowest BCUT2D eigenvalue weighted by molar-refractivity contribution is -0.138. The lowest BCUT2D eigenvalue weighted by atomic mass is 9.92. The average Bonchev–Trinajstić information content (AvgIpc) is 3.44. The van der Waals surface area contributed by atoms with Crippen LogP contribution in [0.1, 0.15) is 42.0 Å². The Hall–Kier alpha value is -2.30. The van der Waals surface area contributed by atoms with Gasteiger partial charge in [0, 0.05) is 18.7 Å². The number of allylic oxidation sites excluding steroid dienone is 2. The Labute approximate surface area is 153 Å². The Balaban J connectivity index is 1.42. The second-order valence-electron chi connectivity index (χ2n) is 8.01. The molecule has 26 heavy (non-hydrogen) atoms. The van der Waals surface area contributed by atoms with E-state index in [1.807, 2.05) is 28.8 Å². The normalized spacial score (nSPS) is 25.8. The summed E-state index contributed by atoms with van der Waals surface area (Å²) in [7, 11) is 2.02. The van der Waals surface area contributed by atoms with E-state index in [9.17, 15) is 4.79 Å². The predicted octanol–water partition coefficient (Wildman–Crippen LogP) is 3.24. The van der Waals surface area contributed by atoms with Gasteiger partial charge in [-0.3, -0.25) is 9.48 Å². The Morgan fingerprint density at radius 3 is 2.96 bits per heavy atom. The highest BCUT2D eigenvalue weighted by molar-refractivity contribution is 5.80. The summed E-state index contributed by atoms with van der Waals surface area (Å²) in [5, 5.41) is 4.74. The lowest BCUT2D eigenvalue weighted by Crippen LogP contribution is -2.37. The molecule has 3 unspecified atom stereocenters. The first kappa shape index (κ1) is 15.9. The maximum Gasteiger partial charge on any atom is 0.227 e. The zero-order valence-electron chi connectivity index (χ0n) is 15.2. The van der Waals surface area contributed by atoms with Crippen LogP contribution in [0.3, 0.4) is 0 Å². The number of carbonyl (C=O) groups is 1. The van der Waals surface area contributed by atoms with E-state index >= 15 is 0 Å². The fraction of sp³-hybridized carbons (Fsp3) is 0.524. The molecule has 5 rings (SSSR count). The van der Waals surface area contributed by atoms with Gasteiger partial charge in [0.2, 0.25) is 5.91 Å². The minimum Gasteiger partial charge on any atom is -0.467 e. The van der Waals surface area contributed by atoms with Crippen LogP contribution in [0.4, 0.5) is 0 Å². The number of amides is 1. The molecule has 2 bridgehead atoms. The van der Waals surface area contributed by atoms with Crippen LogP contribution in [-0.4, -0.2) is 20.6 Å². The zero-order valence-corrected chi connectivity index (χ0v) is 15.2. The first-order chi connectivity index (χ1) is 12.7. The zero-order chi connectivity index (χ0) is 17.7. The molecular formula is C21H25N3O2. The van der Waals surface area contributed by atoms with Gasteiger partial charge in [-0.2, -0.15) is 5.10 Å². The van der Waals surface area contributed by atoms with Crippen LogP contribution < -0.4 is 0 Å². The van der Waals surface area contributed by atoms with E-state index < -0.39 is 0 Å². The minimum absolute atomic E-state index is 0.122. The van der Waals surface area contributed by atoms with Crippen molar-refractivity contribution in [2.45, 2.75) is 45.2 Å². The second-order valence-corrected chi connectivity index (χ2v) is 8.01. The van der Waals surface area contributed by atoms with Crippen molar-refractivity contribution in [3.8, 4) is 0 Å². The highest BCUT2D eigenvalue weighted by Gasteiger charge is 2.42. The lowest BCUT2D eigenvalue weighted by Gasteiger charge is -2.27. The highest BCUT2D eigenvalue weighted by Crippen LogP contribution is 2.44. The molecule has 0 aliphatic heterocycles. The van der Waals surface area contributed by atoms with Crippen molar-refractivity contribution < 1.29 is 9.21 Å². The molecule has 0 N–H and O–H groups in total. The van der Waals surface area contributed by atoms with E-state index in [1.54, 1.807) is 6.26 Å². The first-order valence-electron chi connectivity index (χ1n) is 9.72. The van der Waals surface area contributed by atoms with Crippen LogP contribution in [0.15, 0.2) is 35.0 Å². The van der Waals surface area contributed by atoms with Gasteiger partial charge in [-0.25, -0.2) is 0 Å². The van der Waals surface area contributed by atoms with Crippen molar-refractivity contribution >= 4 is 5.91 Å². The summed E-state index contributed by atoms with van der Waals surface area (Å²) in [6.07, 6.45) is 11.7. The third-order valence-electron chi connectivity index (χ3n) is 6.37. The van der Waals surface area contributed by atoms with Gasteiger partial charge in [0.1, 0.15) is 5.76 Å². The molecule has 5 nitrogen and oxygen atoms in total. The number of hydrogen-bond donors (Lipinski definition) is 0. The molecule has 2 aromatic rings. The number of carbonyl (C=O) groups excluding carboxylic acids is 1. The number of rotatable bonds is 5. The fourth-order valence-corrected chi connectivity index (χ4v) is 5.11. The van der Waals surface area contributed by atoms with E-state index in [4.69, 9.17) is 9.52 Å². The molecule has 0 aromatic carbocycles. The summed E-state index contributed by atoms with van der Waals surface area (Å²) >= 11 is 0. The molecule has 1 saturated carbocycles. The molecule has 2 heterocycles. The molecule has 1 amide bonds. The maximum absolute atomic E-state index is 13.4. The van der Waals surface area contributed by atoms with Crippen LogP contribution in [0.5, 0.6) is 0 Å². The van der Waals surface area contributed by atoms with E-state index in [2.05, 4.69) is 12.2 Å².